The highest BCUT2D eigenvalue weighted by atomic mass is 16.7. The minimum atomic E-state index is -1.17. The third kappa shape index (κ3) is 10.2. The number of methoxy groups -OCH3 is 1. The van der Waals surface area contributed by atoms with Gasteiger partial charge in [0.2, 0.25) is 11.8 Å². The summed E-state index contributed by atoms with van der Waals surface area (Å²) in [5.41, 5.74) is -2.15. The highest BCUT2D eigenvalue weighted by Crippen LogP contribution is 2.37. The zero-order valence-corrected chi connectivity index (χ0v) is 34.8. The lowest BCUT2D eigenvalue weighted by molar-refractivity contribution is -0.298. The van der Waals surface area contributed by atoms with Crippen molar-refractivity contribution in [3.05, 3.63) is 0 Å². The number of cyclic esters (lactones) is 1. The van der Waals surface area contributed by atoms with Crippen LogP contribution in [0.5, 0.6) is 0 Å². The molecular formula is C39H69N5O10. The van der Waals surface area contributed by atoms with Gasteiger partial charge in [0.15, 0.2) is 12.1 Å². The molecule has 4 aliphatic rings. The van der Waals surface area contributed by atoms with E-state index in [4.69, 9.17) is 23.7 Å². The van der Waals surface area contributed by atoms with Crippen LogP contribution < -0.4 is 10.6 Å². The molecule has 0 aromatic heterocycles. The van der Waals surface area contributed by atoms with Crippen molar-refractivity contribution < 1.29 is 48.0 Å². The van der Waals surface area contributed by atoms with Crippen molar-refractivity contribution in [3.8, 4) is 0 Å². The Bertz CT molecular complexity index is 1320. The Kier molecular flexibility index (Phi) is 15.1. The number of likely N-dealkylation sites (N-methyl/N-ethyl adjacent to an activating group) is 3. The highest BCUT2D eigenvalue weighted by Gasteiger charge is 2.53. The maximum Gasteiger partial charge on any atom is 0.316 e. The minimum Gasteiger partial charge on any atom is -0.459 e. The monoisotopic (exact) mass is 768 g/mol. The van der Waals surface area contributed by atoms with Crippen LogP contribution in [0.25, 0.3) is 0 Å². The predicted molar refractivity (Wildman–Crippen MR) is 201 cm³/mol. The first-order chi connectivity index (χ1) is 25.3. The van der Waals surface area contributed by atoms with E-state index in [9.17, 15) is 24.3 Å². The summed E-state index contributed by atoms with van der Waals surface area (Å²) in [5, 5.41) is 18.4. The molecular weight excluding hydrogens is 698 g/mol. The van der Waals surface area contributed by atoms with Crippen molar-refractivity contribution in [3.63, 3.8) is 0 Å². The van der Waals surface area contributed by atoms with Gasteiger partial charge in [-0.25, -0.2) is 0 Å². The summed E-state index contributed by atoms with van der Waals surface area (Å²) >= 11 is 0. The number of carbonyl (C=O) groups is 4. The Morgan fingerprint density at radius 3 is 2.31 bits per heavy atom. The van der Waals surface area contributed by atoms with Gasteiger partial charge in [-0.15, -0.1) is 0 Å². The molecule has 3 heterocycles. The number of ketones is 1. The summed E-state index contributed by atoms with van der Waals surface area (Å²) in [6.45, 7) is 13.8. The van der Waals surface area contributed by atoms with Crippen molar-refractivity contribution in [1.29, 1.82) is 0 Å². The number of hydrogen-bond donors (Lipinski definition) is 3. The summed E-state index contributed by atoms with van der Waals surface area (Å²) < 4.78 is 31.7. The number of aliphatic hydroxyl groups excluding tert-OH is 1. The number of nitrogens with zero attached hydrogens (tertiary/aromatic N) is 3. The first-order valence-corrected chi connectivity index (χ1v) is 19.8. The Morgan fingerprint density at radius 2 is 1.72 bits per heavy atom. The van der Waals surface area contributed by atoms with E-state index in [1.54, 1.807) is 26.0 Å². The SMILES string of the molecule is CC[C@H]1OC(=O)[C@@H](C)C(=O)[C@H](C)[C@@H](O[C@@H]2O[C@H](CN(C)C(=O)CN(C)C3CC3)CC(N(C)C)[C@H]2O)[C@](C)(OC)C[C@@H](C)CN[C@H](C)[C@H]2NC(=O)CO[C@@]21C. The molecule has 54 heavy (non-hydrogen) atoms. The molecule has 3 aliphatic heterocycles. The van der Waals surface area contributed by atoms with Gasteiger partial charge >= 0.3 is 5.97 Å². The standard InChI is InChI=1S/C39H69N5O10/c1-13-29-39(7)34(41-30(45)21-51-39)25(5)40-18-22(2)17-38(6,50-12)35(23(3)32(47)24(4)36(49)53-29)54-37-33(48)28(42(8)9)16-27(52-37)19-44(11)31(46)20-43(10)26-14-15-26/h22-29,33-35,37,40,48H,13-21H2,1-12H3,(H,41,45)/t22-,23+,24+,25-,27+,28?,29-,33-,34-,35-,37+,38-,39-/m1/s1. The van der Waals surface area contributed by atoms with E-state index in [-0.39, 0.29) is 36.4 Å². The number of fused-ring (bicyclic) bond motifs is 1. The number of morpholine rings is 1. The number of aliphatic hydroxyl groups is 1. The number of rotatable bonds is 10. The number of nitrogens with one attached hydrogen (secondary N) is 2. The Labute approximate surface area is 322 Å². The summed E-state index contributed by atoms with van der Waals surface area (Å²) in [5.74, 6) is -3.48. The number of carbonyl (C=O) groups excluding carboxylic acids is 4. The normalized spacial score (nSPS) is 40.4. The van der Waals surface area contributed by atoms with Gasteiger partial charge in [-0.05, 0) is 93.4 Å². The van der Waals surface area contributed by atoms with E-state index in [2.05, 4.69) is 22.5 Å². The molecule has 0 aromatic rings. The first-order valence-electron chi connectivity index (χ1n) is 19.8. The number of esters is 1. The van der Waals surface area contributed by atoms with E-state index in [0.717, 1.165) is 12.8 Å². The predicted octanol–water partition coefficient (Wildman–Crippen LogP) is 1.19. The van der Waals surface area contributed by atoms with Crippen LogP contribution in [0.2, 0.25) is 0 Å². The molecule has 4 rings (SSSR count). The molecule has 0 radical (unpaired) electrons. The van der Waals surface area contributed by atoms with Crippen LogP contribution in [0.1, 0.15) is 80.6 Å². The highest BCUT2D eigenvalue weighted by molar-refractivity contribution is 6.00. The molecule has 4 fully saturated rings. The lowest BCUT2D eigenvalue weighted by Gasteiger charge is -2.48. The van der Waals surface area contributed by atoms with Gasteiger partial charge in [0, 0.05) is 44.7 Å². The zero-order chi connectivity index (χ0) is 40.3. The lowest BCUT2D eigenvalue weighted by atomic mass is 9.78. The Balaban J connectivity index is 1.65. The van der Waals surface area contributed by atoms with Crippen molar-refractivity contribution in [1.82, 2.24) is 25.3 Å². The largest absolute Gasteiger partial charge is 0.459 e. The average molecular weight is 768 g/mol. The molecule has 0 aromatic carbocycles. The molecule has 13 atom stereocenters. The molecule has 3 N–H and O–H groups in total. The second kappa shape index (κ2) is 18.4. The quantitative estimate of drug-likeness (QED) is 0.215. The number of amides is 2. The molecule has 0 spiro atoms. The van der Waals surface area contributed by atoms with Gasteiger partial charge in [-0.3, -0.25) is 24.1 Å². The lowest BCUT2D eigenvalue weighted by Crippen LogP contribution is -2.70. The van der Waals surface area contributed by atoms with Crippen LogP contribution in [0.4, 0.5) is 0 Å². The molecule has 15 nitrogen and oxygen atoms in total. The van der Waals surface area contributed by atoms with Crippen LogP contribution in [0.15, 0.2) is 0 Å². The first kappa shape index (κ1) is 44.5. The van der Waals surface area contributed by atoms with Gasteiger partial charge < -0.3 is 49.2 Å². The van der Waals surface area contributed by atoms with E-state index < -0.39 is 71.5 Å². The Morgan fingerprint density at radius 1 is 1.06 bits per heavy atom. The molecule has 310 valence electrons. The third-order valence-electron chi connectivity index (χ3n) is 12.4. The van der Waals surface area contributed by atoms with Crippen molar-refractivity contribution in [2.24, 2.45) is 17.8 Å². The van der Waals surface area contributed by atoms with Gasteiger partial charge in [0.05, 0.1) is 30.4 Å². The van der Waals surface area contributed by atoms with E-state index in [0.29, 0.717) is 44.9 Å². The van der Waals surface area contributed by atoms with Crippen LogP contribution >= 0.6 is 0 Å². The van der Waals surface area contributed by atoms with Crippen molar-refractivity contribution in [2.75, 3.05) is 61.5 Å². The Hall–Kier alpha value is -2.24. The number of hydrogen-bond acceptors (Lipinski definition) is 13. The van der Waals surface area contributed by atoms with E-state index in [1.165, 1.54) is 6.92 Å². The average Bonchev–Trinajstić information content (AvgIpc) is 3.98. The molecule has 1 unspecified atom stereocenters. The fraction of sp³-hybridized carbons (Fsp3) is 0.897. The third-order valence-corrected chi connectivity index (χ3v) is 12.4. The number of ether oxygens (including phenoxy) is 5. The van der Waals surface area contributed by atoms with Crippen LogP contribution in [-0.2, 0) is 42.9 Å². The van der Waals surface area contributed by atoms with Crippen molar-refractivity contribution >= 4 is 23.6 Å². The fourth-order valence-electron chi connectivity index (χ4n) is 8.66. The topological polar surface area (TPSA) is 168 Å². The fourth-order valence-corrected chi connectivity index (χ4v) is 8.66. The summed E-state index contributed by atoms with van der Waals surface area (Å²) in [6, 6.07) is -0.722. The second-order valence-corrected chi connectivity index (χ2v) is 17.1. The van der Waals surface area contributed by atoms with Crippen molar-refractivity contribution in [2.45, 2.75) is 147 Å². The maximum absolute atomic E-state index is 14.4. The minimum absolute atomic E-state index is 0.0173. The molecule has 0 bridgehead atoms. The molecule has 1 aliphatic carbocycles. The van der Waals surface area contributed by atoms with Gasteiger partial charge in [-0.1, -0.05) is 20.8 Å². The summed E-state index contributed by atoms with van der Waals surface area (Å²) in [6.07, 6.45) is -0.966. The summed E-state index contributed by atoms with van der Waals surface area (Å²) in [7, 11) is 9.04. The molecule has 2 amide bonds. The van der Waals surface area contributed by atoms with Crippen LogP contribution in [-0.4, -0.2) is 171 Å². The maximum atomic E-state index is 14.4. The molecule has 1 saturated carbocycles. The number of Topliss-reactive ketones (excluding diaryl/α,β-unsaturated/α-hetero) is 1. The van der Waals surface area contributed by atoms with Crippen LogP contribution in [0.3, 0.4) is 0 Å². The molecule has 3 saturated heterocycles. The van der Waals surface area contributed by atoms with E-state index >= 15 is 0 Å². The van der Waals surface area contributed by atoms with Gasteiger partial charge in [0.1, 0.15) is 30.3 Å². The van der Waals surface area contributed by atoms with Gasteiger partial charge in [0.25, 0.3) is 0 Å². The zero-order valence-electron chi connectivity index (χ0n) is 34.8. The van der Waals surface area contributed by atoms with Gasteiger partial charge in [-0.2, -0.15) is 0 Å². The van der Waals surface area contributed by atoms with E-state index in [1.807, 2.05) is 53.7 Å². The molecule has 15 heteroatoms. The van der Waals surface area contributed by atoms with Crippen LogP contribution in [0, 0.1) is 17.8 Å². The smallest absolute Gasteiger partial charge is 0.316 e. The second-order valence-electron chi connectivity index (χ2n) is 17.1. The summed E-state index contributed by atoms with van der Waals surface area (Å²) in [4.78, 5) is 59.6.